The normalized spacial score (nSPS) is 15.1. The fourth-order valence-electron chi connectivity index (χ4n) is 3.74. The molecule has 5 heteroatoms. The monoisotopic (exact) mass is 382 g/mol. The number of nitrogens with zero attached hydrogens (tertiary/aromatic N) is 1. The molecule has 1 aromatic heterocycles. The van der Waals surface area contributed by atoms with Gasteiger partial charge >= 0.3 is 6.03 Å². The third-order valence-corrected chi connectivity index (χ3v) is 6.34. The molecule has 2 aromatic rings. The van der Waals surface area contributed by atoms with Crippen LogP contribution in [0.25, 0.3) is 0 Å². The van der Waals surface area contributed by atoms with Crippen molar-refractivity contribution in [3.05, 3.63) is 52.2 Å². The Labute approximate surface area is 165 Å². The summed E-state index contributed by atoms with van der Waals surface area (Å²) in [7, 11) is 1.81. The molecule has 1 aliphatic carbocycles. The second-order valence-corrected chi connectivity index (χ2v) is 8.03. The number of thiophene rings is 1. The van der Waals surface area contributed by atoms with Crippen LogP contribution in [-0.2, 0) is 12.0 Å². The Morgan fingerprint density at radius 1 is 1.30 bits per heavy atom. The van der Waals surface area contributed by atoms with E-state index in [1.165, 1.54) is 17.7 Å². The number of urea groups is 1. The van der Waals surface area contributed by atoms with Crippen molar-refractivity contribution in [2.75, 3.05) is 20.2 Å². The predicted molar refractivity (Wildman–Crippen MR) is 110 cm³/mol. The molecule has 0 bridgehead atoms. The highest BCUT2D eigenvalue weighted by Gasteiger charge is 2.37. The molecule has 1 aromatic carbocycles. The summed E-state index contributed by atoms with van der Waals surface area (Å²) in [5.74, 6) is 3.20. The van der Waals surface area contributed by atoms with Crippen molar-refractivity contribution in [2.45, 2.75) is 37.6 Å². The van der Waals surface area contributed by atoms with Gasteiger partial charge in [-0.25, -0.2) is 4.79 Å². The van der Waals surface area contributed by atoms with E-state index in [2.05, 4.69) is 28.8 Å². The summed E-state index contributed by atoms with van der Waals surface area (Å²) < 4.78 is 5.58. The Kier molecular flexibility index (Phi) is 6.41. The van der Waals surface area contributed by atoms with Crippen molar-refractivity contribution in [1.82, 2.24) is 10.2 Å². The molecule has 1 N–H and O–H groups in total. The van der Waals surface area contributed by atoms with E-state index in [1.54, 1.807) is 23.3 Å². The summed E-state index contributed by atoms with van der Waals surface area (Å²) in [6.45, 7) is 1.38. The standard InChI is InChI=1S/C22H26N2O2S/c1-3-14-26-19-10-5-4-9-18(19)16-24(2)21(25)23-17-22(12-6-7-13-22)20-11-8-15-27-20/h1,4-5,8-11,15H,6-7,12-14,16-17H2,2H3,(H,23,25). The Hall–Kier alpha value is -2.45. The first-order valence-corrected chi connectivity index (χ1v) is 10.2. The summed E-state index contributed by atoms with van der Waals surface area (Å²) in [5, 5.41) is 5.28. The number of amides is 2. The molecular formula is C22H26N2O2S. The van der Waals surface area contributed by atoms with Crippen molar-refractivity contribution in [3.8, 4) is 18.1 Å². The number of nitrogens with one attached hydrogen (secondary N) is 1. The number of terminal acetylenes is 1. The molecule has 27 heavy (non-hydrogen) atoms. The third kappa shape index (κ3) is 4.64. The highest BCUT2D eigenvalue weighted by molar-refractivity contribution is 7.10. The van der Waals surface area contributed by atoms with Crippen molar-refractivity contribution in [3.63, 3.8) is 0 Å². The zero-order chi connectivity index (χ0) is 19.1. The summed E-state index contributed by atoms with van der Waals surface area (Å²) in [4.78, 5) is 15.8. The molecule has 0 radical (unpaired) electrons. The van der Waals surface area contributed by atoms with Gasteiger partial charge in [0.1, 0.15) is 12.4 Å². The van der Waals surface area contributed by atoms with Gasteiger partial charge in [-0.3, -0.25) is 0 Å². The van der Waals surface area contributed by atoms with Crippen LogP contribution in [0.3, 0.4) is 0 Å². The third-order valence-electron chi connectivity index (χ3n) is 5.22. The highest BCUT2D eigenvalue weighted by atomic mass is 32.1. The van der Waals surface area contributed by atoms with Gasteiger partial charge in [0.15, 0.2) is 0 Å². The molecule has 3 rings (SSSR count). The Morgan fingerprint density at radius 3 is 2.78 bits per heavy atom. The van der Waals surface area contributed by atoms with Crippen LogP contribution in [0.15, 0.2) is 41.8 Å². The minimum Gasteiger partial charge on any atom is -0.481 e. The summed E-state index contributed by atoms with van der Waals surface area (Å²) in [6.07, 6.45) is 10.0. The van der Waals surface area contributed by atoms with Crippen LogP contribution >= 0.6 is 11.3 Å². The van der Waals surface area contributed by atoms with E-state index in [9.17, 15) is 4.79 Å². The van der Waals surface area contributed by atoms with Crippen LogP contribution in [0.1, 0.15) is 36.1 Å². The minimum atomic E-state index is -0.0652. The summed E-state index contributed by atoms with van der Waals surface area (Å²) >= 11 is 1.79. The molecular weight excluding hydrogens is 356 g/mol. The van der Waals surface area contributed by atoms with E-state index in [1.807, 2.05) is 24.3 Å². The molecule has 0 spiro atoms. The molecule has 4 nitrogen and oxygen atoms in total. The van der Waals surface area contributed by atoms with Crippen molar-refractivity contribution < 1.29 is 9.53 Å². The number of benzene rings is 1. The molecule has 1 saturated carbocycles. The molecule has 1 heterocycles. The van der Waals surface area contributed by atoms with Crippen LogP contribution < -0.4 is 10.1 Å². The first-order valence-electron chi connectivity index (χ1n) is 9.32. The summed E-state index contributed by atoms with van der Waals surface area (Å²) in [6, 6.07) is 11.9. The lowest BCUT2D eigenvalue weighted by Crippen LogP contribution is -2.43. The van der Waals surface area contributed by atoms with E-state index >= 15 is 0 Å². The number of rotatable bonds is 7. The quantitative estimate of drug-likeness (QED) is 0.721. The molecule has 0 aliphatic heterocycles. The van der Waals surface area contributed by atoms with Crippen LogP contribution in [0, 0.1) is 12.3 Å². The average Bonchev–Trinajstić information content (AvgIpc) is 3.38. The molecule has 2 amide bonds. The zero-order valence-corrected chi connectivity index (χ0v) is 16.6. The molecule has 0 unspecified atom stereocenters. The number of carbonyl (C=O) groups is 1. The van der Waals surface area contributed by atoms with Gasteiger partial charge in [0, 0.05) is 29.4 Å². The van der Waals surface area contributed by atoms with Gasteiger partial charge in [-0.15, -0.1) is 17.8 Å². The van der Waals surface area contributed by atoms with E-state index in [4.69, 9.17) is 11.2 Å². The van der Waals surface area contributed by atoms with E-state index in [0.29, 0.717) is 13.1 Å². The van der Waals surface area contributed by atoms with Crippen LogP contribution in [0.4, 0.5) is 4.79 Å². The first-order chi connectivity index (χ1) is 13.1. The lowest BCUT2D eigenvalue weighted by Gasteiger charge is -2.29. The molecule has 142 valence electrons. The van der Waals surface area contributed by atoms with Gasteiger partial charge in [-0.05, 0) is 30.4 Å². The van der Waals surface area contributed by atoms with Gasteiger partial charge in [0.25, 0.3) is 0 Å². The Balaban J connectivity index is 1.61. The van der Waals surface area contributed by atoms with Gasteiger partial charge in [0.2, 0.25) is 0 Å². The summed E-state index contributed by atoms with van der Waals surface area (Å²) in [5.41, 5.74) is 1.04. The maximum absolute atomic E-state index is 12.7. The van der Waals surface area contributed by atoms with Gasteiger partial charge < -0.3 is 15.0 Å². The van der Waals surface area contributed by atoms with Gasteiger partial charge in [-0.1, -0.05) is 43.0 Å². The molecule has 1 aliphatic rings. The second kappa shape index (κ2) is 8.96. The SMILES string of the molecule is C#CCOc1ccccc1CN(C)C(=O)NCC1(c2cccs2)CCCC1. The smallest absolute Gasteiger partial charge is 0.317 e. The second-order valence-electron chi connectivity index (χ2n) is 7.08. The fraction of sp³-hybridized carbons (Fsp3) is 0.409. The highest BCUT2D eigenvalue weighted by Crippen LogP contribution is 2.42. The topological polar surface area (TPSA) is 41.6 Å². The lowest BCUT2D eigenvalue weighted by atomic mass is 9.84. The maximum Gasteiger partial charge on any atom is 0.317 e. The number of carbonyl (C=O) groups excluding carboxylic acids is 1. The number of hydrogen-bond donors (Lipinski definition) is 1. The Bertz CT molecular complexity index is 789. The van der Waals surface area contributed by atoms with Gasteiger partial charge in [-0.2, -0.15) is 0 Å². The number of para-hydroxylation sites is 1. The lowest BCUT2D eigenvalue weighted by molar-refractivity contribution is 0.202. The number of hydrogen-bond acceptors (Lipinski definition) is 3. The van der Waals surface area contributed by atoms with Crippen molar-refractivity contribution >= 4 is 17.4 Å². The van der Waals surface area contributed by atoms with Crippen LogP contribution in [-0.4, -0.2) is 31.1 Å². The van der Waals surface area contributed by atoms with Gasteiger partial charge in [0.05, 0.1) is 6.54 Å². The Morgan fingerprint density at radius 2 is 2.07 bits per heavy atom. The van der Waals surface area contributed by atoms with E-state index < -0.39 is 0 Å². The van der Waals surface area contributed by atoms with Crippen LogP contribution in [0.2, 0.25) is 0 Å². The van der Waals surface area contributed by atoms with E-state index in [0.717, 1.165) is 24.2 Å². The largest absolute Gasteiger partial charge is 0.481 e. The predicted octanol–water partition coefficient (Wildman–Crippen LogP) is 4.41. The average molecular weight is 383 g/mol. The molecule has 0 saturated heterocycles. The van der Waals surface area contributed by atoms with Crippen molar-refractivity contribution in [1.29, 1.82) is 0 Å². The minimum absolute atomic E-state index is 0.0652. The van der Waals surface area contributed by atoms with Crippen LogP contribution in [0.5, 0.6) is 5.75 Å². The van der Waals surface area contributed by atoms with Crippen molar-refractivity contribution in [2.24, 2.45) is 0 Å². The fourth-order valence-corrected chi connectivity index (χ4v) is 4.73. The maximum atomic E-state index is 12.7. The molecule has 1 fully saturated rings. The zero-order valence-electron chi connectivity index (χ0n) is 15.7. The molecule has 0 atom stereocenters. The first kappa shape index (κ1) is 19.3. The van der Waals surface area contributed by atoms with E-state index in [-0.39, 0.29) is 18.1 Å². The number of ether oxygens (including phenoxy) is 1.